The molecule has 2 atom stereocenters. The Morgan fingerprint density at radius 3 is 2.57 bits per heavy atom. The summed E-state index contributed by atoms with van der Waals surface area (Å²) >= 11 is 0. The summed E-state index contributed by atoms with van der Waals surface area (Å²) in [6.45, 7) is 6.13. The lowest BCUT2D eigenvalue weighted by atomic mass is 9.97. The largest absolute Gasteiger partial charge is 0.392 e. The van der Waals surface area contributed by atoms with Crippen molar-refractivity contribution in [2.24, 2.45) is 5.73 Å². The van der Waals surface area contributed by atoms with Gasteiger partial charge in [0, 0.05) is 6.54 Å². The van der Waals surface area contributed by atoms with Gasteiger partial charge in [-0.1, -0.05) is 6.58 Å². The molecule has 4 N–H and O–H groups in total. The maximum atomic E-state index is 11.4. The lowest BCUT2D eigenvalue weighted by Crippen LogP contribution is -2.57. The van der Waals surface area contributed by atoms with Crippen molar-refractivity contribution in [3.05, 3.63) is 12.7 Å². The Hall–Kier alpha value is -1.20. The molecule has 80 valence electrons. The first-order valence-corrected chi connectivity index (χ1v) is 4.24. The molecule has 2 unspecified atom stereocenters. The van der Waals surface area contributed by atoms with E-state index in [-0.39, 0.29) is 6.54 Å². The SMILES string of the molecule is C=CC(=O)C(C)(N)C(=O)NCC(C)O. The highest BCUT2D eigenvalue weighted by Gasteiger charge is 2.34. The molecule has 0 bridgehead atoms. The molecule has 5 heteroatoms. The Labute approximate surface area is 83.0 Å². The highest BCUT2D eigenvalue weighted by atomic mass is 16.3. The van der Waals surface area contributed by atoms with Crippen LogP contribution >= 0.6 is 0 Å². The van der Waals surface area contributed by atoms with Gasteiger partial charge in [0.2, 0.25) is 5.91 Å². The zero-order valence-electron chi connectivity index (χ0n) is 8.41. The smallest absolute Gasteiger partial charge is 0.247 e. The van der Waals surface area contributed by atoms with Gasteiger partial charge in [0.05, 0.1) is 6.10 Å². The second kappa shape index (κ2) is 4.88. The van der Waals surface area contributed by atoms with E-state index in [9.17, 15) is 9.59 Å². The monoisotopic (exact) mass is 200 g/mol. The van der Waals surface area contributed by atoms with E-state index in [0.717, 1.165) is 6.08 Å². The minimum atomic E-state index is -1.61. The van der Waals surface area contributed by atoms with Gasteiger partial charge in [0.25, 0.3) is 0 Å². The maximum absolute atomic E-state index is 11.4. The van der Waals surface area contributed by atoms with Crippen LogP contribution in [-0.2, 0) is 9.59 Å². The summed E-state index contributed by atoms with van der Waals surface area (Å²) in [7, 11) is 0. The van der Waals surface area contributed by atoms with Crippen molar-refractivity contribution in [1.29, 1.82) is 0 Å². The summed E-state index contributed by atoms with van der Waals surface area (Å²) in [4.78, 5) is 22.5. The Balaban J connectivity index is 4.36. The van der Waals surface area contributed by atoms with Crippen LogP contribution in [0, 0.1) is 0 Å². The Kier molecular flexibility index (Phi) is 4.46. The first-order valence-electron chi connectivity index (χ1n) is 4.24. The Morgan fingerprint density at radius 1 is 1.71 bits per heavy atom. The van der Waals surface area contributed by atoms with E-state index < -0.39 is 23.3 Å². The van der Waals surface area contributed by atoms with Gasteiger partial charge in [-0.15, -0.1) is 0 Å². The van der Waals surface area contributed by atoms with Crippen molar-refractivity contribution < 1.29 is 14.7 Å². The summed E-state index contributed by atoms with van der Waals surface area (Å²) in [6.07, 6.45) is 0.329. The summed E-state index contributed by atoms with van der Waals surface area (Å²) in [5.41, 5.74) is 3.87. The number of aliphatic hydroxyl groups is 1. The third kappa shape index (κ3) is 3.27. The second-order valence-corrected chi connectivity index (χ2v) is 3.33. The molecular weight excluding hydrogens is 184 g/mol. The summed E-state index contributed by atoms with van der Waals surface area (Å²) < 4.78 is 0. The van der Waals surface area contributed by atoms with E-state index in [4.69, 9.17) is 10.8 Å². The number of amides is 1. The molecule has 0 aliphatic rings. The number of carbonyl (C=O) groups excluding carboxylic acids is 2. The molecule has 0 fully saturated rings. The van der Waals surface area contributed by atoms with Crippen LogP contribution in [0.3, 0.4) is 0 Å². The summed E-state index contributed by atoms with van der Waals surface area (Å²) in [5, 5.41) is 11.3. The van der Waals surface area contributed by atoms with Crippen LogP contribution in [0.5, 0.6) is 0 Å². The number of nitrogens with one attached hydrogen (secondary N) is 1. The van der Waals surface area contributed by atoms with E-state index in [2.05, 4.69) is 11.9 Å². The standard InChI is InChI=1S/C9H16N2O3/c1-4-7(13)9(3,10)8(14)11-5-6(2)12/h4,6,12H,1,5,10H2,2-3H3,(H,11,14). The minimum absolute atomic E-state index is 0.0655. The quantitative estimate of drug-likeness (QED) is 0.390. The molecule has 0 spiro atoms. The van der Waals surface area contributed by atoms with Crippen LogP contribution in [-0.4, -0.2) is 35.0 Å². The van der Waals surface area contributed by atoms with E-state index >= 15 is 0 Å². The van der Waals surface area contributed by atoms with Crippen LogP contribution in [0.15, 0.2) is 12.7 Å². The maximum Gasteiger partial charge on any atom is 0.247 e. The number of ketones is 1. The fourth-order valence-corrected chi connectivity index (χ4v) is 0.748. The molecule has 0 aliphatic heterocycles. The molecule has 1 amide bonds. The number of aliphatic hydroxyl groups excluding tert-OH is 1. The predicted molar refractivity (Wildman–Crippen MR) is 52.5 cm³/mol. The van der Waals surface area contributed by atoms with Crippen LogP contribution in [0.4, 0.5) is 0 Å². The van der Waals surface area contributed by atoms with Gasteiger partial charge in [-0.05, 0) is 19.9 Å². The molecular formula is C9H16N2O3. The topological polar surface area (TPSA) is 92.4 Å². The van der Waals surface area contributed by atoms with Gasteiger partial charge in [-0.2, -0.15) is 0 Å². The number of nitrogens with two attached hydrogens (primary N) is 1. The molecule has 0 saturated carbocycles. The number of rotatable bonds is 5. The fourth-order valence-electron chi connectivity index (χ4n) is 0.748. The zero-order chi connectivity index (χ0) is 11.4. The highest BCUT2D eigenvalue weighted by Crippen LogP contribution is 2.01. The lowest BCUT2D eigenvalue weighted by molar-refractivity contribution is -0.133. The van der Waals surface area contributed by atoms with E-state index in [1.165, 1.54) is 13.8 Å². The summed E-state index contributed by atoms with van der Waals surface area (Å²) in [6, 6.07) is 0. The molecule has 0 aromatic heterocycles. The third-order valence-electron chi connectivity index (χ3n) is 1.73. The van der Waals surface area contributed by atoms with Gasteiger partial charge in [0.15, 0.2) is 11.3 Å². The molecule has 0 heterocycles. The molecule has 0 radical (unpaired) electrons. The average Bonchev–Trinajstić information content (AvgIpc) is 2.12. The third-order valence-corrected chi connectivity index (χ3v) is 1.73. The van der Waals surface area contributed by atoms with Gasteiger partial charge < -0.3 is 16.2 Å². The van der Waals surface area contributed by atoms with Crippen molar-refractivity contribution in [1.82, 2.24) is 5.32 Å². The Bertz CT molecular complexity index is 246. The zero-order valence-corrected chi connectivity index (χ0v) is 8.41. The highest BCUT2D eigenvalue weighted by molar-refractivity contribution is 6.14. The van der Waals surface area contributed by atoms with E-state index in [1.54, 1.807) is 0 Å². The lowest BCUT2D eigenvalue weighted by Gasteiger charge is -2.20. The molecule has 14 heavy (non-hydrogen) atoms. The number of carbonyl (C=O) groups is 2. The van der Waals surface area contributed by atoms with Gasteiger partial charge in [-0.3, -0.25) is 9.59 Å². The minimum Gasteiger partial charge on any atom is -0.392 e. The summed E-state index contributed by atoms with van der Waals surface area (Å²) in [5.74, 6) is -1.18. The van der Waals surface area contributed by atoms with Crippen molar-refractivity contribution in [3.8, 4) is 0 Å². The first kappa shape index (κ1) is 12.8. The molecule has 0 rings (SSSR count). The molecule has 0 aromatic rings. The van der Waals surface area contributed by atoms with Crippen molar-refractivity contribution in [2.45, 2.75) is 25.5 Å². The predicted octanol–water partition coefficient (Wildman–Crippen LogP) is -1.04. The Morgan fingerprint density at radius 2 is 2.21 bits per heavy atom. The number of hydrogen-bond acceptors (Lipinski definition) is 4. The fraction of sp³-hybridized carbons (Fsp3) is 0.556. The van der Waals surface area contributed by atoms with Gasteiger partial charge in [0.1, 0.15) is 0 Å². The molecule has 5 nitrogen and oxygen atoms in total. The number of hydrogen-bond donors (Lipinski definition) is 3. The van der Waals surface area contributed by atoms with Gasteiger partial charge in [-0.25, -0.2) is 0 Å². The molecule has 0 aliphatic carbocycles. The molecule has 0 aromatic carbocycles. The van der Waals surface area contributed by atoms with Crippen LogP contribution in [0.2, 0.25) is 0 Å². The van der Waals surface area contributed by atoms with Gasteiger partial charge >= 0.3 is 0 Å². The van der Waals surface area contributed by atoms with Crippen LogP contribution < -0.4 is 11.1 Å². The van der Waals surface area contributed by atoms with Crippen LogP contribution in [0.25, 0.3) is 0 Å². The van der Waals surface area contributed by atoms with Crippen molar-refractivity contribution >= 4 is 11.7 Å². The second-order valence-electron chi connectivity index (χ2n) is 3.33. The van der Waals surface area contributed by atoms with Crippen molar-refractivity contribution in [2.75, 3.05) is 6.54 Å². The molecule has 0 saturated heterocycles. The van der Waals surface area contributed by atoms with Crippen molar-refractivity contribution in [3.63, 3.8) is 0 Å². The normalized spacial score (nSPS) is 16.6. The average molecular weight is 200 g/mol. The van der Waals surface area contributed by atoms with E-state index in [1.807, 2.05) is 0 Å². The van der Waals surface area contributed by atoms with E-state index in [0.29, 0.717) is 0 Å². The first-order chi connectivity index (χ1) is 6.32. The van der Waals surface area contributed by atoms with Crippen LogP contribution in [0.1, 0.15) is 13.8 Å².